The Morgan fingerprint density at radius 2 is 1.88 bits per heavy atom. The van der Waals surface area contributed by atoms with Crippen LogP contribution in [0.4, 0.5) is 0 Å². The van der Waals surface area contributed by atoms with Crippen molar-refractivity contribution in [1.29, 1.82) is 0 Å². The maximum Gasteiger partial charge on any atom is 0.219 e. The van der Waals surface area contributed by atoms with E-state index in [2.05, 4.69) is 5.32 Å². The van der Waals surface area contributed by atoms with Gasteiger partial charge in [0.1, 0.15) is 0 Å². The molecule has 1 aromatic rings. The van der Waals surface area contributed by atoms with Crippen LogP contribution >= 0.6 is 11.6 Å². The number of nitrogens with one attached hydrogen (secondary N) is 1. The molecule has 17 heavy (non-hydrogen) atoms. The molecule has 0 aliphatic carbocycles. The van der Waals surface area contributed by atoms with Gasteiger partial charge >= 0.3 is 0 Å². The molecule has 0 saturated carbocycles. The molecule has 0 aromatic heterocycles. The minimum absolute atomic E-state index is 0.0177. The second-order valence-corrected chi connectivity index (χ2v) is 3.84. The molecule has 0 atom stereocenters. The minimum Gasteiger partial charge on any atom is -0.493 e. The highest BCUT2D eigenvalue weighted by molar-refractivity contribution is 6.31. The van der Waals surface area contributed by atoms with Crippen molar-refractivity contribution in [1.82, 2.24) is 5.32 Å². The number of halogens is 1. The highest BCUT2D eigenvalue weighted by Crippen LogP contribution is 2.32. The quantitative estimate of drug-likeness (QED) is 0.881. The summed E-state index contributed by atoms with van der Waals surface area (Å²) in [4.78, 5) is 11.2. The highest BCUT2D eigenvalue weighted by Gasteiger charge is 2.10. The van der Waals surface area contributed by atoms with E-state index in [1.165, 1.54) is 0 Å². The Hall–Kier alpha value is -1.42. The molecule has 0 radical (unpaired) electrons. The third kappa shape index (κ3) is 3.53. The van der Waals surface area contributed by atoms with Gasteiger partial charge in [-0.15, -0.1) is 0 Å². The first-order valence-corrected chi connectivity index (χ1v) is 5.67. The topological polar surface area (TPSA) is 47.6 Å². The van der Waals surface area contributed by atoms with E-state index in [9.17, 15) is 4.79 Å². The molecule has 0 aliphatic rings. The number of benzene rings is 1. The fourth-order valence-corrected chi connectivity index (χ4v) is 1.57. The lowest BCUT2D eigenvalue weighted by Gasteiger charge is -2.12. The molecule has 1 amide bonds. The molecule has 0 heterocycles. The van der Waals surface area contributed by atoms with Crippen LogP contribution in [0.2, 0.25) is 5.02 Å². The molecule has 0 bridgehead atoms. The number of ether oxygens (including phenoxy) is 2. The van der Waals surface area contributed by atoms with Gasteiger partial charge < -0.3 is 14.8 Å². The molecule has 0 spiro atoms. The third-order valence-corrected chi connectivity index (χ3v) is 2.70. The van der Waals surface area contributed by atoms with Gasteiger partial charge in [0, 0.05) is 24.1 Å². The Bertz CT molecular complexity index is 407. The smallest absolute Gasteiger partial charge is 0.219 e. The molecule has 1 rings (SSSR count). The molecular weight excluding hydrogens is 242 g/mol. The van der Waals surface area contributed by atoms with E-state index in [0.29, 0.717) is 29.5 Å². The monoisotopic (exact) mass is 257 g/mol. The lowest BCUT2D eigenvalue weighted by molar-refractivity contribution is -0.120. The van der Waals surface area contributed by atoms with E-state index in [1.807, 2.05) is 0 Å². The van der Waals surface area contributed by atoms with Crippen LogP contribution in [0.5, 0.6) is 11.5 Å². The first-order chi connectivity index (χ1) is 8.12. The summed E-state index contributed by atoms with van der Waals surface area (Å²) in [7, 11) is 3.10. The Labute approximate surface area is 106 Å². The van der Waals surface area contributed by atoms with Gasteiger partial charge in [-0.2, -0.15) is 0 Å². The van der Waals surface area contributed by atoms with E-state index in [0.717, 1.165) is 5.56 Å². The molecule has 0 saturated heterocycles. The van der Waals surface area contributed by atoms with Crippen molar-refractivity contribution in [2.45, 2.75) is 19.9 Å². The zero-order chi connectivity index (χ0) is 12.8. The van der Waals surface area contributed by atoms with Gasteiger partial charge in [0.05, 0.1) is 14.2 Å². The number of hydrogen-bond donors (Lipinski definition) is 1. The minimum atomic E-state index is -0.0177. The standard InChI is InChI=1S/C12H16ClNO3/c1-4-12(15)14-7-8-5-10(16-2)11(17-3)6-9(8)13/h5-6H,4,7H2,1-3H3,(H,14,15). The second-order valence-electron chi connectivity index (χ2n) is 3.43. The molecule has 1 N–H and O–H groups in total. The second kappa shape index (κ2) is 6.35. The zero-order valence-corrected chi connectivity index (χ0v) is 10.9. The average Bonchev–Trinajstić information content (AvgIpc) is 2.36. The number of rotatable bonds is 5. The number of carbonyl (C=O) groups excluding carboxylic acids is 1. The average molecular weight is 258 g/mol. The summed E-state index contributed by atoms with van der Waals surface area (Å²) < 4.78 is 10.3. The third-order valence-electron chi connectivity index (χ3n) is 2.35. The van der Waals surface area contributed by atoms with Crippen LogP contribution in [-0.2, 0) is 11.3 Å². The van der Waals surface area contributed by atoms with Crippen LogP contribution in [0.15, 0.2) is 12.1 Å². The summed E-state index contributed by atoms with van der Waals surface area (Å²) in [5.41, 5.74) is 0.797. The van der Waals surface area contributed by atoms with Crippen molar-refractivity contribution in [3.63, 3.8) is 0 Å². The zero-order valence-electron chi connectivity index (χ0n) is 10.2. The molecule has 1 aromatic carbocycles. The molecule has 94 valence electrons. The van der Waals surface area contributed by atoms with Crippen molar-refractivity contribution in [3.05, 3.63) is 22.7 Å². The molecule has 0 fully saturated rings. The van der Waals surface area contributed by atoms with Crippen molar-refractivity contribution < 1.29 is 14.3 Å². The summed E-state index contributed by atoms with van der Waals surface area (Å²) >= 11 is 6.08. The van der Waals surface area contributed by atoms with E-state index in [4.69, 9.17) is 21.1 Å². The van der Waals surface area contributed by atoms with E-state index >= 15 is 0 Å². The van der Waals surface area contributed by atoms with Crippen LogP contribution in [0, 0.1) is 0 Å². The lowest BCUT2D eigenvalue weighted by atomic mass is 10.2. The summed E-state index contributed by atoms with van der Waals surface area (Å²) in [6.45, 7) is 2.18. The van der Waals surface area contributed by atoms with Crippen LogP contribution < -0.4 is 14.8 Å². The summed E-state index contributed by atoms with van der Waals surface area (Å²) in [6.07, 6.45) is 0.449. The molecule has 5 heteroatoms. The molecule has 0 aliphatic heterocycles. The van der Waals surface area contributed by atoms with Crippen molar-refractivity contribution in [2.24, 2.45) is 0 Å². The van der Waals surface area contributed by atoms with Gasteiger partial charge in [-0.1, -0.05) is 18.5 Å². The lowest BCUT2D eigenvalue weighted by Crippen LogP contribution is -2.21. The Morgan fingerprint density at radius 3 is 2.41 bits per heavy atom. The highest BCUT2D eigenvalue weighted by atomic mass is 35.5. The Balaban J connectivity index is 2.89. The summed E-state index contributed by atoms with van der Waals surface area (Å²) in [5.74, 6) is 1.15. The molecule has 0 unspecified atom stereocenters. The van der Waals surface area contributed by atoms with Crippen molar-refractivity contribution in [2.75, 3.05) is 14.2 Å². The van der Waals surface area contributed by atoms with Crippen LogP contribution in [-0.4, -0.2) is 20.1 Å². The Kier molecular flexibility index (Phi) is 5.10. The number of hydrogen-bond acceptors (Lipinski definition) is 3. The predicted octanol–water partition coefficient (Wildman–Crippen LogP) is 2.38. The fraction of sp³-hybridized carbons (Fsp3) is 0.417. The van der Waals surface area contributed by atoms with Crippen molar-refractivity contribution in [3.8, 4) is 11.5 Å². The molecular formula is C12H16ClNO3. The molecule has 4 nitrogen and oxygen atoms in total. The summed E-state index contributed by atoms with van der Waals surface area (Å²) in [6, 6.07) is 3.44. The first-order valence-electron chi connectivity index (χ1n) is 5.29. The van der Waals surface area contributed by atoms with Gasteiger partial charge in [-0.3, -0.25) is 4.79 Å². The normalized spacial score (nSPS) is 9.88. The fourth-order valence-electron chi connectivity index (χ4n) is 1.35. The van der Waals surface area contributed by atoms with Crippen molar-refractivity contribution >= 4 is 17.5 Å². The summed E-state index contributed by atoms with van der Waals surface area (Å²) in [5, 5.41) is 3.30. The van der Waals surface area contributed by atoms with E-state index in [-0.39, 0.29) is 5.91 Å². The largest absolute Gasteiger partial charge is 0.493 e. The SMILES string of the molecule is CCC(=O)NCc1cc(OC)c(OC)cc1Cl. The van der Waals surface area contributed by atoms with Gasteiger partial charge in [0.15, 0.2) is 11.5 Å². The van der Waals surface area contributed by atoms with Crippen LogP contribution in [0.1, 0.15) is 18.9 Å². The maximum atomic E-state index is 11.2. The van der Waals surface area contributed by atoms with E-state index < -0.39 is 0 Å². The number of methoxy groups -OCH3 is 2. The van der Waals surface area contributed by atoms with Crippen LogP contribution in [0.3, 0.4) is 0 Å². The van der Waals surface area contributed by atoms with Gasteiger partial charge in [-0.05, 0) is 11.6 Å². The first kappa shape index (κ1) is 13.6. The van der Waals surface area contributed by atoms with Gasteiger partial charge in [0.25, 0.3) is 0 Å². The number of amides is 1. The van der Waals surface area contributed by atoms with Gasteiger partial charge in [0.2, 0.25) is 5.91 Å². The Morgan fingerprint density at radius 1 is 1.29 bits per heavy atom. The van der Waals surface area contributed by atoms with Gasteiger partial charge in [-0.25, -0.2) is 0 Å². The number of carbonyl (C=O) groups is 1. The van der Waals surface area contributed by atoms with Crippen LogP contribution in [0.25, 0.3) is 0 Å². The van der Waals surface area contributed by atoms with E-state index in [1.54, 1.807) is 33.3 Å². The maximum absolute atomic E-state index is 11.2. The predicted molar refractivity (Wildman–Crippen MR) is 66.7 cm³/mol.